The molecule has 0 saturated heterocycles. The number of anilines is 2. The average molecular weight is 437 g/mol. The molecule has 3 heteroatoms. The summed E-state index contributed by atoms with van der Waals surface area (Å²) in [5.41, 5.74) is 8.97. The second-order valence-electron chi connectivity index (χ2n) is 10.5. The molecule has 3 nitrogen and oxygen atoms in total. The Balaban J connectivity index is 1.54. The van der Waals surface area contributed by atoms with Gasteiger partial charge in [-0.15, -0.1) is 0 Å². The molecule has 1 heterocycles. The minimum atomic E-state index is -0.159. The zero-order valence-electron chi connectivity index (χ0n) is 19.9. The van der Waals surface area contributed by atoms with Crippen LogP contribution in [-0.2, 0) is 10.2 Å². The lowest BCUT2D eigenvalue weighted by molar-refractivity contribution is -0.116. The molecular weight excluding hydrogens is 404 g/mol. The normalized spacial score (nSPS) is 20.3. The number of hydrogen-bond donors (Lipinski definition) is 2. The van der Waals surface area contributed by atoms with Crippen molar-refractivity contribution in [2.24, 2.45) is 0 Å². The Bertz CT molecular complexity index is 1210. The van der Waals surface area contributed by atoms with Gasteiger partial charge in [-0.25, -0.2) is 0 Å². The Morgan fingerprint density at radius 2 is 1.42 bits per heavy atom. The van der Waals surface area contributed by atoms with E-state index in [0.717, 1.165) is 34.6 Å². The van der Waals surface area contributed by atoms with Gasteiger partial charge in [0.2, 0.25) is 0 Å². The molecule has 168 valence electrons. The maximum Gasteiger partial charge on any atom is 0.163 e. The van der Waals surface area contributed by atoms with E-state index >= 15 is 0 Å². The standard InChI is InChI=1S/C30H32N2O/c1-19-9-11-21(12-10-19)29-28-26(31-24-7-5-6-8-25(24)32-29)17-22(18-27(28)33)20-13-15-23(16-14-20)30(2,3)4/h5-16,22,29,31-32H,17-18H2,1-4H3/t22-,29+/m0/s1. The van der Waals surface area contributed by atoms with Crippen LogP contribution in [0.2, 0.25) is 0 Å². The van der Waals surface area contributed by atoms with Crippen LogP contribution in [0.25, 0.3) is 0 Å². The van der Waals surface area contributed by atoms with Gasteiger partial charge in [0.15, 0.2) is 5.78 Å². The van der Waals surface area contributed by atoms with E-state index in [0.29, 0.717) is 6.42 Å². The molecule has 0 spiro atoms. The molecule has 0 fully saturated rings. The fourth-order valence-electron chi connectivity index (χ4n) is 4.99. The second-order valence-corrected chi connectivity index (χ2v) is 10.5. The van der Waals surface area contributed by atoms with Gasteiger partial charge in [-0.3, -0.25) is 4.79 Å². The number of aryl methyl sites for hydroxylation is 1. The summed E-state index contributed by atoms with van der Waals surface area (Å²) in [5.74, 6) is 0.404. The first-order valence-electron chi connectivity index (χ1n) is 11.9. The lowest BCUT2D eigenvalue weighted by atomic mass is 9.77. The summed E-state index contributed by atoms with van der Waals surface area (Å²) in [6.45, 7) is 8.78. The monoisotopic (exact) mass is 436 g/mol. The summed E-state index contributed by atoms with van der Waals surface area (Å²) in [6.07, 6.45) is 1.37. The Kier molecular flexibility index (Phi) is 5.36. The lowest BCUT2D eigenvalue weighted by Crippen LogP contribution is -2.27. The predicted octanol–water partition coefficient (Wildman–Crippen LogP) is 7.27. The van der Waals surface area contributed by atoms with Crippen LogP contribution in [0.1, 0.15) is 67.8 Å². The van der Waals surface area contributed by atoms with Gasteiger partial charge < -0.3 is 10.6 Å². The van der Waals surface area contributed by atoms with Crippen LogP contribution in [0, 0.1) is 6.92 Å². The number of nitrogens with one attached hydrogen (secondary N) is 2. The number of hydrogen-bond acceptors (Lipinski definition) is 3. The Labute approximate surface area is 196 Å². The van der Waals surface area contributed by atoms with Crippen LogP contribution < -0.4 is 10.6 Å². The molecule has 0 unspecified atom stereocenters. The third-order valence-corrected chi connectivity index (χ3v) is 6.97. The summed E-state index contributed by atoms with van der Waals surface area (Å²) in [6, 6.07) is 25.4. The van der Waals surface area contributed by atoms with Crippen LogP contribution in [0.4, 0.5) is 11.4 Å². The average Bonchev–Trinajstić information content (AvgIpc) is 2.96. The molecule has 0 radical (unpaired) electrons. The SMILES string of the molecule is Cc1ccc([C@H]2Nc3ccccc3NC3=C2C(=O)C[C@@H](c2ccc(C(C)(C)C)cc2)C3)cc1. The molecule has 3 aromatic carbocycles. The number of benzene rings is 3. The smallest absolute Gasteiger partial charge is 0.163 e. The van der Waals surface area contributed by atoms with Crippen molar-refractivity contribution in [3.63, 3.8) is 0 Å². The largest absolute Gasteiger partial charge is 0.372 e. The third-order valence-electron chi connectivity index (χ3n) is 6.97. The summed E-state index contributed by atoms with van der Waals surface area (Å²) in [4.78, 5) is 13.7. The van der Waals surface area contributed by atoms with Crippen molar-refractivity contribution in [2.45, 2.75) is 57.9 Å². The lowest BCUT2D eigenvalue weighted by Gasteiger charge is -2.30. The van der Waals surface area contributed by atoms with Crippen LogP contribution >= 0.6 is 0 Å². The maximum absolute atomic E-state index is 13.7. The molecule has 5 rings (SSSR count). The van der Waals surface area contributed by atoms with Crippen molar-refractivity contribution < 1.29 is 4.79 Å². The summed E-state index contributed by atoms with van der Waals surface area (Å²) >= 11 is 0. The fraction of sp³-hybridized carbons (Fsp3) is 0.300. The number of fused-ring (bicyclic) bond motifs is 1. The number of rotatable bonds is 2. The zero-order chi connectivity index (χ0) is 23.2. The Hall–Kier alpha value is -3.33. The van der Waals surface area contributed by atoms with Gasteiger partial charge in [-0.2, -0.15) is 0 Å². The minimum absolute atomic E-state index is 0.121. The van der Waals surface area contributed by atoms with Crippen molar-refractivity contribution in [1.29, 1.82) is 0 Å². The number of ketones is 1. The second kappa shape index (κ2) is 8.22. The van der Waals surface area contributed by atoms with Crippen LogP contribution in [0.3, 0.4) is 0 Å². The van der Waals surface area contributed by atoms with Gasteiger partial charge in [0.1, 0.15) is 0 Å². The van der Waals surface area contributed by atoms with Crippen molar-refractivity contribution in [1.82, 2.24) is 0 Å². The number of Topliss-reactive ketones (excluding diaryl/α,β-unsaturated/α-hetero) is 1. The van der Waals surface area contributed by atoms with E-state index in [1.54, 1.807) is 0 Å². The first-order valence-corrected chi connectivity index (χ1v) is 11.9. The van der Waals surface area contributed by atoms with Crippen molar-refractivity contribution >= 4 is 17.2 Å². The number of carbonyl (C=O) groups excluding carboxylic acids is 1. The predicted molar refractivity (Wildman–Crippen MR) is 137 cm³/mol. The number of carbonyl (C=O) groups is 1. The molecule has 0 aromatic heterocycles. The highest BCUT2D eigenvalue weighted by molar-refractivity contribution is 6.01. The molecule has 1 aliphatic carbocycles. The first-order chi connectivity index (χ1) is 15.8. The Morgan fingerprint density at radius 1 is 0.788 bits per heavy atom. The first kappa shape index (κ1) is 21.5. The van der Waals surface area contributed by atoms with Crippen molar-refractivity contribution in [3.05, 3.63) is 106 Å². The van der Waals surface area contributed by atoms with Gasteiger partial charge >= 0.3 is 0 Å². The van der Waals surface area contributed by atoms with Crippen LogP contribution in [0.15, 0.2) is 84.1 Å². The molecule has 2 aliphatic rings. The molecule has 0 saturated carbocycles. The van der Waals surface area contributed by atoms with E-state index in [1.165, 1.54) is 16.7 Å². The molecule has 33 heavy (non-hydrogen) atoms. The highest BCUT2D eigenvalue weighted by Gasteiger charge is 2.36. The quantitative estimate of drug-likeness (QED) is 0.444. The summed E-state index contributed by atoms with van der Waals surface area (Å²) < 4.78 is 0. The van der Waals surface area contributed by atoms with Gasteiger partial charge in [0, 0.05) is 17.7 Å². The number of allylic oxidation sites excluding steroid dienone is 1. The molecule has 2 N–H and O–H groups in total. The van der Waals surface area contributed by atoms with Crippen molar-refractivity contribution in [3.8, 4) is 0 Å². The third kappa shape index (κ3) is 4.20. The van der Waals surface area contributed by atoms with Crippen LogP contribution in [0.5, 0.6) is 0 Å². The van der Waals surface area contributed by atoms with Crippen LogP contribution in [-0.4, -0.2) is 5.78 Å². The molecule has 1 aliphatic heterocycles. The van der Waals surface area contributed by atoms with E-state index < -0.39 is 0 Å². The number of para-hydroxylation sites is 2. The van der Waals surface area contributed by atoms with E-state index in [9.17, 15) is 4.79 Å². The molecule has 0 amide bonds. The van der Waals surface area contributed by atoms with Gasteiger partial charge in [0.25, 0.3) is 0 Å². The highest BCUT2D eigenvalue weighted by atomic mass is 16.1. The van der Waals surface area contributed by atoms with Gasteiger partial charge in [0.05, 0.1) is 17.4 Å². The molecule has 3 aromatic rings. The zero-order valence-corrected chi connectivity index (χ0v) is 19.9. The molecular formula is C30H32N2O. The summed E-state index contributed by atoms with van der Waals surface area (Å²) in [7, 11) is 0. The fourth-order valence-corrected chi connectivity index (χ4v) is 4.99. The summed E-state index contributed by atoms with van der Waals surface area (Å²) in [5, 5.41) is 7.30. The maximum atomic E-state index is 13.7. The minimum Gasteiger partial charge on any atom is -0.372 e. The van der Waals surface area contributed by atoms with Crippen molar-refractivity contribution in [2.75, 3.05) is 10.6 Å². The van der Waals surface area contributed by atoms with Gasteiger partial charge in [-0.1, -0.05) is 87.0 Å². The van der Waals surface area contributed by atoms with E-state index in [2.05, 4.69) is 99.0 Å². The van der Waals surface area contributed by atoms with Gasteiger partial charge in [-0.05, 0) is 53.5 Å². The topological polar surface area (TPSA) is 41.1 Å². The Morgan fingerprint density at radius 3 is 2.09 bits per heavy atom. The molecule has 0 bridgehead atoms. The van der Waals surface area contributed by atoms with E-state index in [-0.39, 0.29) is 23.2 Å². The molecule has 2 atom stereocenters. The van der Waals surface area contributed by atoms with E-state index in [4.69, 9.17) is 0 Å². The highest BCUT2D eigenvalue weighted by Crippen LogP contribution is 2.44. The van der Waals surface area contributed by atoms with E-state index in [1.807, 2.05) is 12.1 Å².